The first kappa shape index (κ1) is 19.3. The van der Waals surface area contributed by atoms with Gasteiger partial charge in [0.1, 0.15) is 5.75 Å². The van der Waals surface area contributed by atoms with Crippen LogP contribution in [0.3, 0.4) is 0 Å². The lowest BCUT2D eigenvalue weighted by atomic mass is 10.1. The first-order valence-corrected chi connectivity index (χ1v) is 8.04. The second-order valence-electron chi connectivity index (χ2n) is 5.70. The Morgan fingerprint density at radius 3 is 2.50 bits per heavy atom. The minimum atomic E-state index is -2.95. The molecule has 0 unspecified atom stereocenters. The van der Waals surface area contributed by atoms with E-state index in [1.54, 1.807) is 13.0 Å². The number of para-hydroxylation sites is 1. The van der Waals surface area contributed by atoms with Gasteiger partial charge in [-0.15, -0.1) is 0 Å². The van der Waals surface area contributed by atoms with Gasteiger partial charge in [-0.1, -0.05) is 12.1 Å². The van der Waals surface area contributed by atoms with Crippen LogP contribution in [0.5, 0.6) is 5.75 Å². The lowest BCUT2D eigenvalue weighted by molar-refractivity contribution is -0.119. The fourth-order valence-electron chi connectivity index (χ4n) is 2.52. The molecule has 6 nitrogen and oxygen atoms in total. The molecule has 0 saturated heterocycles. The van der Waals surface area contributed by atoms with Crippen LogP contribution in [-0.2, 0) is 9.53 Å². The standard InChI is InChI=1S/C19H14F3NO5/c1-10-13-3-2-4-14(20)17(13)28-16(10)18(25)26-9-15(24)23-11-5-7-12(8-6-11)27-19(21)22/h2-8,19H,9H2,1H3,(H,23,24). The molecule has 0 saturated carbocycles. The molecule has 2 aromatic carbocycles. The molecule has 0 aliphatic rings. The number of benzene rings is 2. The van der Waals surface area contributed by atoms with Gasteiger partial charge in [0.15, 0.2) is 18.0 Å². The van der Waals surface area contributed by atoms with Gasteiger partial charge in [0.2, 0.25) is 5.76 Å². The van der Waals surface area contributed by atoms with Crippen molar-refractivity contribution in [1.29, 1.82) is 0 Å². The lowest BCUT2D eigenvalue weighted by Gasteiger charge is -2.08. The van der Waals surface area contributed by atoms with E-state index in [4.69, 9.17) is 9.15 Å². The van der Waals surface area contributed by atoms with Crippen LogP contribution in [0.4, 0.5) is 18.9 Å². The maximum absolute atomic E-state index is 13.7. The third-order valence-electron chi connectivity index (χ3n) is 3.80. The average Bonchev–Trinajstić information content (AvgIpc) is 2.99. The highest BCUT2D eigenvalue weighted by Crippen LogP contribution is 2.27. The number of anilines is 1. The molecule has 28 heavy (non-hydrogen) atoms. The Kier molecular flexibility index (Phi) is 5.53. The molecule has 0 aliphatic heterocycles. The van der Waals surface area contributed by atoms with Crippen LogP contribution in [0.15, 0.2) is 46.9 Å². The number of hydrogen-bond donors (Lipinski definition) is 1. The number of halogens is 3. The quantitative estimate of drug-likeness (QED) is 0.633. The van der Waals surface area contributed by atoms with Crippen LogP contribution in [-0.4, -0.2) is 25.1 Å². The van der Waals surface area contributed by atoms with E-state index >= 15 is 0 Å². The summed E-state index contributed by atoms with van der Waals surface area (Å²) in [4.78, 5) is 24.0. The second-order valence-corrected chi connectivity index (χ2v) is 5.70. The number of amides is 1. The fraction of sp³-hybridized carbons (Fsp3) is 0.158. The smallest absolute Gasteiger partial charge is 0.387 e. The van der Waals surface area contributed by atoms with Crippen LogP contribution in [0.2, 0.25) is 0 Å². The molecule has 9 heteroatoms. The summed E-state index contributed by atoms with van der Waals surface area (Å²) in [7, 11) is 0. The zero-order valence-electron chi connectivity index (χ0n) is 14.5. The van der Waals surface area contributed by atoms with Crippen molar-refractivity contribution in [3.05, 3.63) is 59.6 Å². The molecule has 0 atom stereocenters. The number of carbonyl (C=O) groups is 2. The van der Waals surface area contributed by atoms with Gasteiger partial charge in [0, 0.05) is 16.6 Å². The monoisotopic (exact) mass is 393 g/mol. The number of rotatable bonds is 6. The highest BCUT2D eigenvalue weighted by atomic mass is 19.3. The van der Waals surface area contributed by atoms with Crippen LogP contribution in [0.1, 0.15) is 16.1 Å². The van der Waals surface area contributed by atoms with Crippen molar-refractivity contribution in [1.82, 2.24) is 0 Å². The van der Waals surface area contributed by atoms with Crippen LogP contribution in [0, 0.1) is 12.7 Å². The van der Waals surface area contributed by atoms with E-state index in [0.717, 1.165) is 0 Å². The van der Waals surface area contributed by atoms with E-state index in [9.17, 15) is 22.8 Å². The molecule has 1 aromatic heterocycles. The first-order valence-electron chi connectivity index (χ1n) is 8.04. The largest absolute Gasteiger partial charge is 0.450 e. The summed E-state index contributed by atoms with van der Waals surface area (Å²) in [5.41, 5.74) is 0.627. The minimum absolute atomic E-state index is 0.0629. The number of ether oxygens (including phenoxy) is 2. The molecule has 1 N–H and O–H groups in total. The highest BCUT2D eigenvalue weighted by molar-refractivity contribution is 5.98. The summed E-state index contributed by atoms with van der Waals surface area (Å²) in [6.45, 7) is -1.99. The van der Waals surface area contributed by atoms with Gasteiger partial charge in [-0.05, 0) is 37.3 Å². The van der Waals surface area contributed by atoms with Crippen molar-refractivity contribution in [3.63, 3.8) is 0 Å². The van der Waals surface area contributed by atoms with Crippen molar-refractivity contribution in [3.8, 4) is 5.75 Å². The topological polar surface area (TPSA) is 77.8 Å². The number of esters is 1. The van der Waals surface area contributed by atoms with Gasteiger partial charge < -0.3 is 19.2 Å². The van der Waals surface area contributed by atoms with Gasteiger partial charge >= 0.3 is 12.6 Å². The number of furan rings is 1. The summed E-state index contributed by atoms with van der Waals surface area (Å²) in [5, 5.41) is 2.86. The maximum Gasteiger partial charge on any atom is 0.387 e. The first-order chi connectivity index (χ1) is 13.3. The molecule has 0 fully saturated rings. The number of nitrogens with one attached hydrogen (secondary N) is 1. The average molecular weight is 393 g/mol. The Balaban J connectivity index is 1.59. The molecule has 3 rings (SSSR count). The van der Waals surface area contributed by atoms with E-state index < -0.39 is 30.9 Å². The lowest BCUT2D eigenvalue weighted by Crippen LogP contribution is -2.21. The van der Waals surface area contributed by atoms with Crippen molar-refractivity contribution in [2.45, 2.75) is 13.5 Å². The number of carbonyl (C=O) groups excluding carboxylic acids is 2. The Hall–Kier alpha value is -3.49. The molecule has 0 spiro atoms. The van der Waals surface area contributed by atoms with E-state index in [0.29, 0.717) is 16.6 Å². The zero-order chi connectivity index (χ0) is 20.3. The molecule has 0 aliphatic carbocycles. The maximum atomic E-state index is 13.7. The molecule has 0 bridgehead atoms. The van der Waals surface area contributed by atoms with Crippen molar-refractivity contribution in [2.24, 2.45) is 0 Å². The Bertz CT molecular complexity index is 1010. The van der Waals surface area contributed by atoms with Crippen molar-refractivity contribution < 1.29 is 36.7 Å². The van der Waals surface area contributed by atoms with E-state index in [2.05, 4.69) is 10.1 Å². The van der Waals surface area contributed by atoms with Crippen LogP contribution >= 0.6 is 0 Å². The summed E-state index contributed by atoms with van der Waals surface area (Å²) in [5.74, 6) is -2.44. The molecular weight excluding hydrogens is 379 g/mol. The van der Waals surface area contributed by atoms with Gasteiger partial charge in [-0.25, -0.2) is 9.18 Å². The summed E-state index contributed by atoms with van der Waals surface area (Å²) in [6.07, 6.45) is 0. The van der Waals surface area contributed by atoms with E-state index in [-0.39, 0.29) is 17.1 Å². The predicted octanol–water partition coefficient (Wildman–Crippen LogP) is 4.28. The highest BCUT2D eigenvalue weighted by Gasteiger charge is 2.21. The fourth-order valence-corrected chi connectivity index (χ4v) is 2.52. The van der Waals surface area contributed by atoms with Gasteiger partial charge in [-0.3, -0.25) is 4.79 Å². The molecule has 1 amide bonds. The predicted molar refractivity (Wildman–Crippen MR) is 92.9 cm³/mol. The molecular formula is C19H14F3NO5. The van der Waals surface area contributed by atoms with Crippen LogP contribution < -0.4 is 10.1 Å². The molecule has 146 valence electrons. The van der Waals surface area contributed by atoms with E-state index in [1.165, 1.54) is 36.4 Å². The summed E-state index contributed by atoms with van der Waals surface area (Å²) in [6, 6.07) is 9.49. The van der Waals surface area contributed by atoms with E-state index in [1.807, 2.05) is 0 Å². The van der Waals surface area contributed by atoms with Gasteiger partial charge in [-0.2, -0.15) is 8.78 Å². The van der Waals surface area contributed by atoms with Gasteiger partial charge in [0.25, 0.3) is 5.91 Å². The molecule has 1 heterocycles. The van der Waals surface area contributed by atoms with Gasteiger partial charge in [0.05, 0.1) is 0 Å². The third-order valence-corrected chi connectivity index (χ3v) is 3.80. The second kappa shape index (κ2) is 8.03. The normalized spacial score (nSPS) is 10.9. The number of hydrogen-bond acceptors (Lipinski definition) is 5. The van der Waals surface area contributed by atoms with Crippen molar-refractivity contribution >= 4 is 28.5 Å². The summed E-state index contributed by atoms with van der Waals surface area (Å²) >= 11 is 0. The SMILES string of the molecule is Cc1c(C(=O)OCC(=O)Nc2ccc(OC(F)F)cc2)oc2c(F)cccc12. The Morgan fingerprint density at radius 2 is 1.86 bits per heavy atom. The van der Waals surface area contributed by atoms with Crippen molar-refractivity contribution in [2.75, 3.05) is 11.9 Å². The van der Waals surface area contributed by atoms with Crippen LogP contribution in [0.25, 0.3) is 11.0 Å². The molecule has 3 aromatic rings. The minimum Gasteiger partial charge on any atom is -0.450 e. The number of fused-ring (bicyclic) bond motifs is 1. The zero-order valence-corrected chi connectivity index (χ0v) is 14.5. The summed E-state index contributed by atoms with van der Waals surface area (Å²) < 4.78 is 52.3. The number of alkyl halides is 2. The molecule has 0 radical (unpaired) electrons. The Morgan fingerprint density at radius 1 is 1.14 bits per heavy atom. The number of aryl methyl sites for hydroxylation is 1. The third kappa shape index (κ3) is 4.25. The Labute approximate surface area is 156 Å².